The Morgan fingerprint density at radius 1 is 1.43 bits per heavy atom. The van der Waals surface area contributed by atoms with Crippen LogP contribution in [0.5, 0.6) is 0 Å². The van der Waals surface area contributed by atoms with Gasteiger partial charge in [-0.1, -0.05) is 0 Å². The number of piperidine rings is 1. The van der Waals surface area contributed by atoms with E-state index in [1.807, 2.05) is 0 Å². The van der Waals surface area contributed by atoms with E-state index in [0.29, 0.717) is 30.6 Å². The Bertz CT molecular complexity index is 646. The molecule has 1 N–H and O–H groups in total. The van der Waals surface area contributed by atoms with Gasteiger partial charge < -0.3 is 5.32 Å². The molecule has 1 aromatic carbocycles. The van der Waals surface area contributed by atoms with Gasteiger partial charge in [0, 0.05) is 18.8 Å². The van der Waals surface area contributed by atoms with E-state index < -0.39 is 10.0 Å². The first kappa shape index (κ1) is 15.9. The second kappa shape index (κ2) is 6.11. The SMILES string of the molecule is Cc1cc(F)ccc1NC(=O)[C@@H]1CCCN(S(C)(=O)=O)C1. The smallest absolute Gasteiger partial charge is 0.228 e. The fraction of sp³-hybridized carbons (Fsp3) is 0.500. The largest absolute Gasteiger partial charge is 0.326 e. The molecule has 1 fully saturated rings. The van der Waals surface area contributed by atoms with Crippen molar-refractivity contribution in [2.45, 2.75) is 19.8 Å². The van der Waals surface area contributed by atoms with Gasteiger partial charge in [0.05, 0.1) is 12.2 Å². The summed E-state index contributed by atoms with van der Waals surface area (Å²) in [6.45, 7) is 2.37. The van der Waals surface area contributed by atoms with Gasteiger partial charge >= 0.3 is 0 Å². The van der Waals surface area contributed by atoms with Crippen molar-refractivity contribution >= 4 is 21.6 Å². The molecule has 1 heterocycles. The predicted octanol–water partition coefficient (Wildman–Crippen LogP) is 1.74. The van der Waals surface area contributed by atoms with Crippen LogP contribution in [0.4, 0.5) is 10.1 Å². The van der Waals surface area contributed by atoms with Crippen LogP contribution in [0.25, 0.3) is 0 Å². The summed E-state index contributed by atoms with van der Waals surface area (Å²) in [6.07, 6.45) is 2.46. The van der Waals surface area contributed by atoms with E-state index in [1.54, 1.807) is 6.92 Å². The van der Waals surface area contributed by atoms with Crippen LogP contribution in [-0.4, -0.2) is 38.0 Å². The molecule has 1 saturated heterocycles. The number of sulfonamides is 1. The molecule has 0 radical (unpaired) electrons. The lowest BCUT2D eigenvalue weighted by Crippen LogP contribution is -2.43. The van der Waals surface area contributed by atoms with Crippen molar-refractivity contribution in [1.82, 2.24) is 4.31 Å². The number of aryl methyl sites for hydroxylation is 1. The van der Waals surface area contributed by atoms with Crippen LogP contribution >= 0.6 is 0 Å². The molecule has 1 aliphatic rings. The topological polar surface area (TPSA) is 66.5 Å². The molecule has 0 spiro atoms. The third-order valence-electron chi connectivity index (χ3n) is 3.67. The van der Waals surface area contributed by atoms with E-state index in [9.17, 15) is 17.6 Å². The number of nitrogens with zero attached hydrogens (tertiary/aromatic N) is 1. The van der Waals surface area contributed by atoms with Crippen molar-refractivity contribution in [2.75, 3.05) is 24.7 Å². The molecule has 1 amide bonds. The minimum absolute atomic E-state index is 0.199. The molecule has 1 atom stereocenters. The number of anilines is 1. The zero-order valence-electron chi connectivity index (χ0n) is 12.1. The van der Waals surface area contributed by atoms with E-state index in [1.165, 1.54) is 22.5 Å². The average molecular weight is 314 g/mol. The third-order valence-corrected chi connectivity index (χ3v) is 4.94. The summed E-state index contributed by atoms with van der Waals surface area (Å²) >= 11 is 0. The van der Waals surface area contributed by atoms with Crippen LogP contribution in [0, 0.1) is 18.7 Å². The Morgan fingerprint density at radius 3 is 2.76 bits per heavy atom. The number of carbonyl (C=O) groups excluding carboxylic acids is 1. The Hall–Kier alpha value is -1.47. The van der Waals surface area contributed by atoms with Gasteiger partial charge in [0.2, 0.25) is 15.9 Å². The normalized spacial score (nSPS) is 20.2. The third kappa shape index (κ3) is 4.01. The molecule has 21 heavy (non-hydrogen) atoms. The van der Waals surface area contributed by atoms with Gasteiger partial charge in [0.25, 0.3) is 0 Å². The highest BCUT2D eigenvalue weighted by Gasteiger charge is 2.30. The Labute approximate surface area is 124 Å². The molecular weight excluding hydrogens is 295 g/mol. The lowest BCUT2D eigenvalue weighted by Gasteiger charge is -2.30. The van der Waals surface area contributed by atoms with Crippen LogP contribution in [0.1, 0.15) is 18.4 Å². The first-order chi connectivity index (χ1) is 9.77. The zero-order valence-corrected chi connectivity index (χ0v) is 12.9. The standard InChI is InChI=1S/C14H19FN2O3S/c1-10-8-12(15)5-6-13(10)16-14(18)11-4-3-7-17(9-11)21(2,19)20/h5-6,8,11H,3-4,7,9H2,1-2H3,(H,16,18)/t11-/m1/s1. The summed E-state index contributed by atoms with van der Waals surface area (Å²) in [7, 11) is -3.28. The van der Waals surface area contributed by atoms with E-state index in [-0.39, 0.29) is 24.2 Å². The van der Waals surface area contributed by atoms with E-state index in [4.69, 9.17) is 0 Å². The summed E-state index contributed by atoms with van der Waals surface area (Å²) in [5.41, 5.74) is 1.19. The van der Waals surface area contributed by atoms with Crippen molar-refractivity contribution in [3.05, 3.63) is 29.6 Å². The summed E-state index contributed by atoms with van der Waals surface area (Å²) in [5.74, 6) is -0.956. The molecular formula is C14H19FN2O3S. The van der Waals surface area contributed by atoms with E-state index in [2.05, 4.69) is 5.32 Å². The van der Waals surface area contributed by atoms with Gasteiger partial charge in [-0.2, -0.15) is 0 Å². The first-order valence-electron chi connectivity index (χ1n) is 6.79. The molecule has 0 saturated carbocycles. The second-order valence-corrected chi connectivity index (χ2v) is 7.39. The number of nitrogens with one attached hydrogen (secondary N) is 1. The number of carbonyl (C=O) groups is 1. The van der Waals surface area contributed by atoms with Crippen molar-refractivity contribution in [2.24, 2.45) is 5.92 Å². The molecule has 0 bridgehead atoms. The molecule has 1 aromatic rings. The van der Waals surface area contributed by atoms with Gasteiger partial charge in [-0.25, -0.2) is 17.1 Å². The molecule has 116 valence electrons. The fourth-order valence-corrected chi connectivity index (χ4v) is 3.37. The number of halogens is 1. The maximum Gasteiger partial charge on any atom is 0.228 e. The van der Waals surface area contributed by atoms with Crippen molar-refractivity contribution < 1.29 is 17.6 Å². The van der Waals surface area contributed by atoms with Crippen LogP contribution in [0.2, 0.25) is 0 Å². The van der Waals surface area contributed by atoms with Crippen molar-refractivity contribution in [1.29, 1.82) is 0 Å². The molecule has 0 unspecified atom stereocenters. The zero-order chi connectivity index (χ0) is 15.6. The van der Waals surface area contributed by atoms with Crippen LogP contribution < -0.4 is 5.32 Å². The van der Waals surface area contributed by atoms with Crippen LogP contribution in [0.15, 0.2) is 18.2 Å². The highest BCUT2D eigenvalue weighted by molar-refractivity contribution is 7.88. The number of benzene rings is 1. The van der Waals surface area contributed by atoms with Crippen LogP contribution in [-0.2, 0) is 14.8 Å². The Morgan fingerprint density at radius 2 is 2.14 bits per heavy atom. The van der Waals surface area contributed by atoms with Gasteiger partial charge in [0.15, 0.2) is 0 Å². The van der Waals surface area contributed by atoms with Gasteiger partial charge in [0.1, 0.15) is 5.82 Å². The van der Waals surface area contributed by atoms with Crippen molar-refractivity contribution in [3.63, 3.8) is 0 Å². The summed E-state index contributed by atoms with van der Waals surface area (Å²) in [4.78, 5) is 12.3. The maximum atomic E-state index is 13.0. The second-order valence-electron chi connectivity index (χ2n) is 5.41. The number of hydrogen-bond donors (Lipinski definition) is 1. The maximum absolute atomic E-state index is 13.0. The summed E-state index contributed by atoms with van der Waals surface area (Å²) in [6, 6.07) is 4.14. The lowest BCUT2D eigenvalue weighted by atomic mass is 9.98. The molecule has 0 aromatic heterocycles. The first-order valence-corrected chi connectivity index (χ1v) is 8.64. The van der Waals surface area contributed by atoms with Crippen molar-refractivity contribution in [3.8, 4) is 0 Å². The number of rotatable bonds is 3. The highest BCUT2D eigenvalue weighted by atomic mass is 32.2. The summed E-state index contributed by atoms with van der Waals surface area (Å²) < 4.78 is 37.5. The van der Waals surface area contributed by atoms with E-state index >= 15 is 0 Å². The molecule has 0 aliphatic carbocycles. The van der Waals surface area contributed by atoms with E-state index in [0.717, 1.165) is 6.26 Å². The van der Waals surface area contributed by atoms with Crippen LogP contribution in [0.3, 0.4) is 0 Å². The Kier molecular flexibility index (Phi) is 4.63. The number of amides is 1. The number of hydrogen-bond acceptors (Lipinski definition) is 3. The minimum Gasteiger partial charge on any atom is -0.326 e. The predicted molar refractivity (Wildman–Crippen MR) is 78.9 cm³/mol. The minimum atomic E-state index is -3.28. The fourth-order valence-electron chi connectivity index (χ4n) is 2.46. The van der Waals surface area contributed by atoms with Gasteiger partial charge in [-0.15, -0.1) is 0 Å². The van der Waals surface area contributed by atoms with Gasteiger partial charge in [-0.05, 0) is 43.5 Å². The monoisotopic (exact) mass is 314 g/mol. The molecule has 5 nitrogen and oxygen atoms in total. The molecule has 2 rings (SSSR count). The summed E-state index contributed by atoms with van der Waals surface area (Å²) in [5, 5.41) is 2.75. The molecule has 7 heteroatoms. The quantitative estimate of drug-likeness (QED) is 0.924. The lowest BCUT2D eigenvalue weighted by molar-refractivity contribution is -0.120. The molecule has 1 aliphatic heterocycles. The Balaban J connectivity index is 2.06. The average Bonchev–Trinajstić information content (AvgIpc) is 2.41. The van der Waals surface area contributed by atoms with Gasteiger partial charge in [-0.3, -0.25) is 4.79 Å². The highest BCUT2D eigenvalue weighted by Crippen LogP contribution is 2.22.